The summed E-state index contributed by atoms with van der Waals surface area (Å²) in [4.78, 5) is 14.6. The maximum atomic E-state index is 12.7. The Morgan fingerprint density at radius 2 is 2.07 bits per heavy atom. The number of fused-ring (bicyclic) bond motifs is 1. The fourth-order valence-corrected chi connectivity index (χ4v) is 4.68. The highest BCUT2D eigenvalue weighted by atomic mass is 32.2. The molecule has 1 fully saturated rings. The van der Waals surface area contributed by atoms with E-state index < -0.39 is 16.1 Å². The monoisotopic (exact) mass is 423 g/mol. The van der Waals surface area contributed by atoms with Crippen LogP contribution in [0.5, 0.6) is 0 Å². The number of benzene rings is 1. The summed E-state index contributed by atoms with van der Waals surface area (Å²) >= 11 is 5.16. The zero-order valence-electron chi connectivity index (χ0n) is 15.9. The van der Waals surface area contributed by atoms with E-state index in [9.17, 15) is 13.2 Å². The van der Waals surface area contributed by atoms with Crippen LogP contribution in [-0.2, 0) is 14.8 Å². The van der Waals surface area contributed by atoms with Crippen LogP contribution in [0.4, 0.5) is 0 Å². The molecular formula is C18H25N5O3S2. The second-order valence-electron chi connectivity index (χ2n) is 7.29. The van der Waals surface area contributed by atoms with Gasteiger partial charge in [-0.25, -0.2) is 0 Å². The predicted octanol–water partition coefficient (Wildman–Crippen LogP) is 1.14. The highest BCUT2D eigenvalue weighted by Crippen LogP contribution is 2.31. The van der Waals surface area contributed by atoms with Gasteiger partial charge in [0.1, 0.15) is 10.9 Å². The first kappa shape index (κ1) is 20.5. The van der Waals surface area contributed by atoms with Crippen molar-refractivity contribution in [2.75, 3.05) is 13.1 Å². The summed E-state index contributed by atoms with van der Waals surface area (Å²) in [6, 6.07) is 6.18. The highest BCUT2D eigenvalue weighted by Gasteiger charge is 2.39. The Morgan fingerprint density at radius 1 is 1.32 bits per heavy atom. The van der Waals surface area contributed by atoms with Crippen LogP contribution in [0.25, 0.3) is 0 Å². The van der Waals surface area contributed by atoms with Gasteiger partial charge in [-0.1, -0.05) is 26.0 Å². The van der Waals surface area contributed by atoms with Crippen molar-refractivity contribution in [1.82, 2.24) is 21.1 Å². The maximum Gasteiger partial charge on any atom is 0.285 e. The number of carbonyl (C=O) groups is 1. The second kappa shape index (κ2) is 8.44. The lowest BCUT2D eigenvalue weighted by atomic mass is 10.1. The van der Waals surface area contributed by atoms with Gasteiger partial charge in [0.15, 0.2) is 10.9 Å². The minimum atomic E-state index is -3.72. The Balaban J connectivity index is 1.64. The molecular weight excluding hydrogens is 398 g/mol. The number of likely N-dealkylation sites (tertiary alicyclic amines) is 1. The van der Waals surface area contributed by atoms with Crippen LogP contribution in [-0.4, -0.2) is 49.3 Å². The van der Waals surface area contributed by atoms with Crippen LogP contribution in [0.15, 0.2) is 33.6 Å². The molecule has 3 N–H and O–H groups in total. The van der Waals surface area contributed by atoms with Crippen molar-refractivity contribution in [1.29, 1.82) is 0 Å². The summed E-state index contributed by atoms with van der Waals surface area (Å²) in [6.45, 7) is 5.54. The second-order valence-corrected chi connectivity index (χ2v) is 9.27. The van der Waals surface area contributed by atoms with E-state index in [1.165, 1.54) is 6.07 Å². The molecule has 1 saturated heterocycles. The number of hydrogen-bond donors (Lipinski definition) is 3. The number of nitrogens with zero attached hydrogens (tertiary/aromatic N) is 2. The topological polar surface area (TPSA) is 103 Å². The molecule has 1 amide bonds. The lowest BCUT2D eigenvalue weighted by Gasteiger charge is -2.26. The van der Waals surface area contributed by atoms with Crippen molar-refractivity contribution >= 4 is 39.1 Å². The van der Waals surface area contributed by atoms with Gasteiger partial charge in [-0.3, -0.25) is 15.6 Å². The van der Waals surface area contributed by atoms with E-state index in [-0.39, 0.29) is 10.8 Å². The number of nitrogens with one attached hydrogen (secondary N) is 3. The summed E-state index contributed by atoms with van der Waals surface area (Å²) in [5, 5.41) is 3.39. The third-order valence-corrected chi connectivity index (χ3v) is 6.32. The standard InChI is InChI=1S/C18H25N5O3S2/c1-12(2)9-10-19-18(27)21-20-17(24)14-7-5-11-23(14)16-13-6-3-4-8-15(13)28(25,26)22-16/h3-4,6,8,12,14H,5,7,9-11H2,1-2H3,(H,20,24)(H2,19,21,27)/t14-/m0/s1. The van der Waals surface area contributed by atoms with Crippen molar-refractivity contribution < 1.29 is 13.2 Å². The summed E-state index contributed by atoms with van der Waals surface area (Å²) in [7, 11) is -3.72. The van der Waals surface area contributed by atoms with Crippen molar-refractivity contribution in [3.05, 3.63) is 29.8 Å². The quantitative estimate of drug-likeness (QED) is 0.493. The average molecular weight is 424 g/mol. The average Bonchev–Trinajstić information content (AvgIpc) is 3.22. The van der Waals surface area contributed by atoms with Crippen molar-refractivity contribution in [2.45, 2.75) is 44.0 Å². The molecule has 0 bridgehead atoms. The number of rotatable bonds is 4. The Bertz CT molecular complexity index is 898. The SMILES string of the molecule is CC(C)CCNC(=S)NNC(=O)[C@@H]1CCCN1C1=NS(=O)(=O)c2ccccc21. The van der Waals surface area contributed by atoms with Gasteiger partial charge in [0.05, 0.1) is 0 Å². The minimum Gasteiger partial charge on any atom is -0.361 e. The van der Waals surface area contributed by atoms with Crippen LogP contribution in [0, 0.1) is 5.92 Å². The molecule has 0 aromatic heterocycles. The zero-order chi connectivity index (χ0) is 20.3. The van der Waals surface area contributed by atoms with E-state index >= 15 is 0 Å². The van der Waals surface area contributed by atoms with Crippen molar-refractivity contribution in [3.8, 4) is 0 Å². The minimum absolute atomic E-state index is 0.185. The third kappa shape index (κ3) is 4.44. The van der Waals surface area contributed by atoms with E-state index in [4.69, 9.17) is 12.2 Å². The van der Waals surface area contributed by atoms with Crippen LogP contribution in [0.2, 0.25) is 0 Å². The molecule has 8 nitrogen and oxygen atoms in total. The van der Waals surface area contributed by atoms with E-state index in [0.29, 0.717) is 35.4 Å². The van der Waals surface area contributed by atoms with E-state index in [0.717, 1.165) is 19.4 Å². The predicted molar refractivity (Wildman–Crippen MR) is 111 cm³/mol. The van der Waals surface area contributed by atoms with Crippen molar-refractivity contribution in [3.63, 3.8) is 0 Å². The molecule has 0 unspecified atom stereocenters. The van der Waals surface area contributed by atoms with Gasteiger partial charge >= 0.3 is 0 Å². The van der Waals surface area contributed by atoms with E-state index in [1.54, 1.807) is 23.1 Å². The molecule has 1 atom stereocenters. The molecule has 2 aliphatic heterocycles. The first-order valence-electron chi connectivity index (χ1n) is 9.34. The molecule has 3 rings (SSSR count). The third-order valence-electron chi connectivity index (χ3n) is 4.75. The van der Waals surface area contributed by atoms with Gasteiger partial charge < -0.3 is 10.2 Å². The molecule has 0 aliphatic carbocycles. The van der Waals surface area contributed by atoms with Gasteiger partial charge in [-0.2, -0.15) is 8.42 Å². The summed E-state index contributed by atoms with van der Waals surface area (Å²) in [6.07, 6.45) is 2.36. The number of sulfonamides is 1. The fraction of sp³-hybridized carbons (Fsp3) is 0.500. The molecule has 0 radical (unpaired) electrons. The molecule has 2 aliphatic rings. The normalized spacial score (nSPS) is 19.9. The van der Waals surface area contributed by atoms with Crippen LogP contribution in [0.1, 0.15) is 38.7 Å². The molecule has 0 spiro atoms. The molecule has 0 saturated carbocycles. The first-order valence-corrected chi connectivity index (χ1v) is 11.2. The van der Waals surface area contributed by atoms with Crippen LogP contribution >= 0.6 is 12.2 Å². The number of carbonyl (C=O) groups excluding carboxylic acids is 1. The first-order chi connectivity index (χ1) is 13.3. The molecule has 28 heavy (non-hydrogen) atoms. The summed E-state index contributed by atoms with van der Waals surface area (Å²) < 4.78 is 28.5. The van der Waals surface area contributed by atoms with E-state index in [2.05, 4.69) is 34.4 Å². The molecule has 10 heteroatoms. The number of thiocarbonyl (C=S) groups is 1. The maximum absolute atomic E-state index is 12.7. The summed E-state index contributed by atoms with van der Waals surface area (Å²) in [5.41, 5.74) is 5.88. The Morgan fingerprint density at radius 3 is 2.82 bits per heavy atom. The smallest absolute Gasteiger partial charge is 0.285 e. The van der Waals surface area contributed by atoms with Gasteiger partial charge in [-0.15, -0.1) is 4.40 Å². The highest BCUT2D eigenvalue weighted by molar-refractivity contribution is 7.90. The number of hydrazine groups is 1. The lowest BCUT2D eigenvalue weighted by molar-refractivity contribution is -0.124. The lowest BCUT2D eigenvalue weighted by Crippen LogP contribution is -2.53. The molecule has 1 aromatic carbocycles. The largest absolute Gasteiger partial charge is 0.361 e. The molecule has 1 aromatic rings. The molecule has 152 valence electrons. The van der Waals surface area contributed by atoms with Gasteiger partial charge in [0, 0.05) is 18.7 Å². The fourth-order valence-electron chi connectivity index (χ4n) is 3.31. The van der Waals surface area contributed by atoms with Crippen LogP contribution < -0.4 is 16.2 Å². The van der Waals surface area contributed by atoms with Crippen LogP contribution in [0.3, 0.4) is 0 Å². The Kier molecular flexibility index (Phi) is 6.19. The Labute approximate surface area is 170 Å². The van der Waals surface area contributed by atoms with Gasteiger partial charge in [0.25, 0.3) is 15.9 Å². The summed E-state index contributed by atoms with van der Waals surface area (Å²) in [5.74, 6) is 0.629. The number of hydrogen-bond acceptors (Lipinski definition) is 5. The van der Waals surface area contributed by atoms with E-state index in [1.807, 2.05) is 0 Å². The van der Waals surface area contributed by atoms with Gasteiger partial charge in [-0.05, 0) is 49.5 Å². The Hall–Kier alpha value is -2.20. The van der Waals surface area contributed by atoms with Gasteiger partial charge in [0.2, 0.25) is 0 Å². The van der Waals surface area contributed by atoms with Crippen molar-refractivity contribution in [2.24, 2.45) is 10.3 Å². The zero-order valence-corrected chi connectivity index (χ0v) is 17.6. The molecule has 2 heterocycles. The number of amides is 1. The number of amidine groups is 1.